The zero-order valence-electron chi connectivity index (χ0n) is 10.6. The molecule has 0 unspecified atom stereocenters. The smallest absolute Gasteiger partial charge is 0.133 e. The first-order valence-corrected chi connectivity index (χ1v) is 7.14. The second-order valence-corrected chi connectivity index (χ2v) is 5.15. The zero-order valence-corrected chi connectivity index (χ0v) is 11.5. The average molecular weight is 265 g/mol. The van der Waals surface area contributed by atoms with Gasteiger partial charge in [0.25, 0.3) is 0 Å². The van der Waals surface area contributed by atoms with Gasteiger partial charge < -0.3 is 14.5 Å². The van der Waals surface area contributed by atoms with E-state index in [1.54, 1.807) is 17.6 Å². The lowest BCUT2D eigenvalue weighted by Crippen LogP contribution is -2.14. The van der Waals surface area contributed by atoms with Crippen molar-refractivity contribution in [1.82, 2.24) is 5.32 Å². The number of rotatable bonds is 8. The zero-order chi connectivity index (χ0) is 12.6. The molecule has 0 radical (unpaired) electrons. The highest BCUT2D eigenvalue weighted by Crippen LogP contribution is 2.14. The van der Waals surface area contributed by atoms with Gasteiger partial charge in [-0.2, -0.15) is 0 Å². The summed E-state index contributed by atoms with van der Waals surface area (Å²) in [5.74, 6) is 0.926. The topological polar surface area (TPSA) is 34.4 Å². The summed E-state index contributed by atoms with van der Waals surface area (Å²) < 4.78 is 11.1. The molecule has 0 saturated carbocycles. The molecule has 0 saturated heterocycles. The first kappa shape index (κ1) is 13.3. The number of nitrogens with one attached hydrogen (secondary N) is 1. The van der Waals surface area contributed by atoms with Crippen LogP contribution < -0.4 is 5.32 Å². The Labute approximate surface area is 112 Å². The summed E-state index contributed by atoms with van der Waals surface area (Å²) in [6, 6.07) is 6.12. The molecular weight excluding hydrogens is 246 g/mol. The predicted molar refractivity (Wildman–Crippen MR) is 73.5 cm³/mol. The van der Waals surface area contributed by atoms with Gasteiger partial charge in [-0.05, 0) is 30.5 Å². The van der Waals surface area contributed by atoms with Gasteiger partial charge in [-0.25, -0.2) is 0 Å². The highest BCUT2D eigenvalue weighted by Gasteiger charge is 2.06. The monoisotopic (exact) mass is 265 g/mol. The molecule has 4 heteroatoms. The maximum Gasteiger partial charge on any atom is 0.133 e. The van der Waals surface area contributed by atoms with E-state index in [2.05, 4.69) is 23.7 Å². The van der Waals surface area contributed by atoms with Gasteiger partial charge in [0.15, 0.2) is 0 Å². The van der Waals surface area contributed by atoms with Crippen LogP contribution in [-0.2, 0) is 24.5 Å². The standard InChI is InChI=1S/C14H19NO2S/c1-2-6-15-9-12-5-7-17-14(12)11-16-10-13-4-3-8-18-13/h3-5,7-8,15H,2,6,9-11H2,1H3. The van der Waals surface area contributed by atoms with Crippen molar-refractivity contribution < 1.29 is 9.15 Å². The van der Waals surface area contributed by atoms with Crippen LogP contribution in [0.3, 0.4) is 0 Å². The summed E-state index contributed by atoms with van der Waals surface area (Å²) in [7, 11) is 0. The van der Waals surface area contributed by atoms with Gasteiger partial charge >= 0.3 is 0 Å². The fourth-order valence-electron chi connectivity index (χ4n) is 1.69. The van der Waals surface area contributed by atoms with Crippen molar-refractivity contribution in [2.24, 2.45) is 0 Å². The van der Waals surface area contributed by atoms with E-state index < -0.39 is 0 Å². The minimum Gasteiger partial charge on any atom is -0.467 e. The molecule has 2 aromatic heterocycles. The Morgan fingerprint density at radius 2 is 2.28 bits per heavy atom. The third kappa shape index (κ3) is 3.98. The van der Waals surface area contributed by atoms with Crippen LogP contribution in [0.5, 0.6) is 0 Å². The van der Waals surface area contributed by atoms with Crippen LogP contribution in [0.15, 0.2) is 34.3 Å². The van der Waals surface area contributed by atoms with Crippen molar-refractivity contribution in [2.75, 3.05) is 6.54 Å². The fraction of sp³-hybridized carbons (Fsp3) is 0.429. The van der Waals surface area contributed by atoms with Crippen molar-refractivity contribution in [3.8, 4) is 0 Å². The Morgan fingerprint density at radius 1 is 1.33 bits per heavy atom. The first-order valence-electron chi connectivity index (χ1n) is 6.26. The molecule has 0 aliphatic rings. The Bertz CT molecular complexity index is 436. The molecule has 0 amide bonds. The number of thiophene rings is 1. The minimum atomic E-state index is 0.536. The maximum absolute atomic E-state index is 5.66. The highest BCUT2D eigenvalue weighted by molar-refractivity contribution is 7.09. The number of hydrogen-bond acceptors (Lipinski definition) is 4. The SMILES string of the molecule is CCCNCc1ccoc1COCc1cccs1. The summed E-state index contributed by atoms with van der Waals surface area (Å²) in [5.41, 5.74) is 1.19. The van der Waals surface area contributed by atoms with Gasteiger partial charge in [-0.3, -0.25) is 0 Å². The maximum atomic E-state index is 5.66. The van der Waals surface area contributed by atoms with Crippen molar-refractivity contribution in [3.63, 3.8) is 0 Å². The molecule has 3 nitrogen and oxygen atoms in total. The molecule has 18 heavy (non-hydrogen) atoms. The van der Waals surface area contributed by atoms with E-state index in [-0.39, 0.29) is 0 Å². The molecule has 0 bridgehead atoms. The molecule has 0 spiro atoms. The Hall–Kier alpha value is -1.10. The van der Waals surface area contributed by atoms with Crippen LogP contribution in [0, 0.1) is 0 Å². The second-order valence-electron chi connectivity index (χ2n) is 4.12. The molecule has 0 aliphatic heterocycles. The molecule has 0 aromatic carbocycles. The van der Waals surface area contributed by atoms with Gasteiger partial charge in [0.2, 0.25) is 0 Å². The third-order valence-electron chi connectivity index (χ3n) is 2.64. The van der Waals surface area contributed by atoms with Crippen LogP contribution >= 0.6 is 11.3 Å². The lowest BCUT2D eigenvalue weighted by Gasteiger charge is -2.05. The Morgan fingerprint density at radius 3 is 3.06 bits per heavy atom. The minimum absolute atomic E-state index is 0.536. The van der Waals surface area contributed by atoms with Gasteiger partial charge in [0, 0.05) is 17.0 Å². The molecule has 2 rings (SSSR count). The van der Waals surface area contributed by atoms with E-state index in [1.165, 1.54) is 10.4 Å². The number of ether oxygens (including phenoxy) is 1. The van der Waals surface area contributed by atoms with E-state index in [1.807, 2.05) is 12.1 Å². The second kappa shape index (κ2) is 7.36. The lowest BCUT2D eigenvalue weighted by atomic mass is 10.2. The van der Waals surface area contributed by atoms with Crippen molar-refractivity contribution in [1.29, 1.82) is 0 Å². The number of hydrogen-bond donors (Lipinski definition) is 1. The van der Waals surface area contributed by atoms with Crippen LogP contribution in [0.1, 0.15) is 29.5 Å². The van der Waals surface area contributed by atoms with Crippen molar-refractivity contribution in [2.45, 2.75) is 33.1 Å². The molecule has 0 fully saturated rings. The Balaban J connectivity index is 1.76. The van der Waals surface area contributed by atoms with E-state index >= 15 is 0 Å². The first-order chi connectivity index (χ1) is 8.90. The van der Waals surface area contributed by atoms with Crippen molar-refractivity contribution in [3.05, 3.63) is 46.0 Å². The largest absolute Gasteiger partial charge is 0.467 e. The molecule has 0 aliphatic carbocycles. The van der Waals surface area contributed by atoms with Gasteiger partial charge in [0.05, 0.1) is 12.9 Å². The number of furan rings is 1. The highest BCUT2D eigenvalue weighted by atomic mass is 32.1. The third-order valence-corrected chi connectivity index (χ3v) is 3.49. The molecule has 98 valence electrons. The summed E-state index contributed by atoms with van der Waals surface area (Å²) in [6.07, 6.45) is 2.87. The van der Waals surface area contributed by atoms with Gasteiger partial charge in [0.1, 0.15) is 12.4 Å². The molecule has 2 aromatic rings. The van der Waals surface area contributed by atoms with Gasteiger partial charge in [-0.15, -0.1) is 11.3 Å². The molecule has 1 N–H and O–H groups in total. The van der Waals surface area contributed by atoms with Gasteiger partial charge in [-0.1, -0.05) is 13.0 Å². The van der Waals surface area contributed by atoms with Crippen molar-refractivity contribution >= 4 is 11.3 Å². The van der Waals surface area contributed by atoms with Crippen LogP contribution in [-0.4, -0.2) is 6.54 Å². The summed E-state index contributed by atoms with van der Waals surface area (Å²) in [6.45, 7) is 5.23. The van der Waals surface area contributed by atoms with E-state index in [0.717, 1.165) is 25.3 Å². The fourth-order valence-corrected chi connectivity index (χ4v) is 2.33. The van der Waals surface area contributed by atoms with E-state index in [9.17, 15) is 0 Å². The molecule has 2 heterocycles. The summed E-state index contributed by atoms with van der Waals surface area (Å²) in [4.78, 5) is 1.24. The van der Waals surface area contributed by atoms with Crippen LogP contribution in [0.4, 0.5) is 0 Å². The van der Waals surface area contributed by atoms with Crippen LogP contribution in [0.25, 0.3) is 0 Å². The van der Waals surface area contributed by atoms with E-state index in [0.29, 0.717) is 13.2 Å². The quantitative estimate of drug-likeness (QED) is 0.741. The van der Waals surface area contributed by atoms with E-state index in [4.69, 9.17) is 9.15 Å². The Kier molecular flexibility index (Phi) is 5.45. The lowest BCUT2D eigenvalue weighted by molar-refractivity contribution is 0.0940. The molecular formula is C14H19NO2S. The molecule has 0 atom stereocenters. The average Bonchev–Trinajstić information content (AvgIpc) is 3.02. The summed E-state index contributed by atoms with van der Waals surface area (Å²) >= 11 is 1.71. The normalized spacial score (nSPS) is 10.9. The predicted octanol–water partition coefficient (Wildman–Crippen LogP) is 3.56. The summed E-state index contributed by atoms with van der Waals surface area (Å²) in [5, 5.41) is 5.43. The van der Waals surface area contributed by atoms with Crippen LogP contribution in [0.2, 0.25) is 0 Å².